The molecule has 7 heteroatoms. The van der Waals surface area contributed by atoms with E-state index in [0.29, 0.717) is 41.1 Å². The fourth-order valence-corrected chi connectivity index (χ4v) is 3.46. The van der Waals surface area contributed by atoms with Gasteiger partial charge in [0.25, 0.3) is 5.91 Å². The van der Waals surface area contributed by atoms with Gasteiger partial charge in [-0.3, -0.25) is 4.79 Å². The molecule has 0 spiro atoms. The standard InChI is InChI=1S/C23H23FN2O4/c1-14-18(24)8-4-9-19(14)26-23-17(22(27)25-13-16-7-5-11-29-16)12-15-6-3-10-20(28-2)21(15)30-23/h3-4,6,8-10,12,16H,5,7,11,13H2,1-2H3,(H,25,27). The van der Waals surface area contributed by atoms with Crippen molar-refractivity contribution >= 4 is 22.6 Å². The monoisotopic (exact) mass is 410 g/mol. The maximum absolute atomic E-state index is 14.0. The third kappa shape index (κ3) is 4.07. The summed E-state index contributed by atoms with van der Waals surface area (Å²) in [6.45, 7) is 2.76. The van der Waals surface area contributed by atoms with Crippen molar-refractivity contribution in [1.29, 1.82) is 0 Å². The molecule has 0 aliphatic carbocycles. The number of ether oxygens (including phenoxy) is 2. The molecule has 1 amide bonds. The van der Waals surface area contributed by atoms with Gasteiger partial charge >= 0.3 is 0 Å². The molecule has 3 aromatic rings. The topological polar surface area (TPSA) is 73.1 Å². The average Bonchev–Trinajstić information content (AvgIpc) is 3.28. The fraction of sp³-hybridized carbons (Fsp3) is 0.304. The molecule has 1 fully saturated rings. The van der Waals surface area contributed by atoms with Crippen LogP contribution in [-0.4, -0.2) is 32.3 Å². The van der Waals surface area contributed by atoms with E-state index in [0.717, 1.165) is 12.8 Å². The number of nitrogens with zero attached hydrogens (tertiary/aromatic N) is 1. The minimum absolute atomic E-state index is 0.0114. The Bertz CT molecular complexity index is 1150. The van der Waals surface area contributed by atoms with Crippen LogP contribution in [0.5, 0.6) is 5.75 Å². The van der Waals surface area contributed by atoms with Crippen LogP contribution in [-0.2, 0) is 4.74 Å². The first-order chi connectivity index (χ1) is 14.6. The molecule has 0 radical (unpaired) electrons. The summed E-state index contributed by atoms with van der Waals surface area (Å²) in [4.78, 5) is 17.4. The van der Waals surface area contributed by atoms with Crippen LogP contribution < -0.4 is 15.6 Å². The van der Waals surface area contributed by atoms with Gasteiger partial charge in [0.05, 0.1) is 18.9 Å². The zero-order valence-corrected chi connectivity index (χ0v) is 16.9. The number of methoxy groups -OCH3 is 1. The molecular formula is C23H23FN2O4. The van der Waals surface area contributed by atoms with Gasteiger partial charge < -0.3 is 19.2 Å². The molecule has 4 rings (SSSR count). The second kappa shape index (κ2) is 8.67. The van der Waals surface area contributed by atoms with E-state index in [1.807, 2.05) is 12.1 Å². The first kappa shape index (κ1) is 20.1. The van der Waals surface area contributed by atoms with Gasteiger partial charge in [0, 0.05) is 24.1 Å². The predicted molar refractivity (Wildman–Crippen MR) is 110 cm³/mol. The summed E-state index contributed by atoms with van der Waals surface area (Å²) in [7, 11) is 1.54. The van der Waals surface area contributed by atoms with Crippen molar-refractivity contribution in [3.05, 3.63) is 65.0 Å². The zero-order valence-electron chi connectivity index (χ0n) is 16.9. The summed E-state index contributed by atoms with van der Waals surface area (Å²) in [6.07, 6.45) is 1.92. The highest BCUT2D eigenvalue weighted by Gasteiger charge is 2.19. The van der Waals surface area contributed by atoms with E-state index in [1.165, 1.54) is 6.07 Å². The summed E-state index contributed by atoms with van der Waals surface area (Å²) in [6, 6.07) is 11.7. The van der Waals surface area contributed by atoms with Crippen molar-refractivity contribution in [3.8, 4) is 5.75 Å². The van der Waals surface area contributed by atoms with E-state index in [1.54, 1.807) is 38.3 Å². The molecule has 0 saturated carbocycles. The van der Waals surface area contributed by atoms with Gasteiger partial charge in [-0.2, -0.15) is 0 Å². The predicted octanol–water partition coefficient (Wildman–Crippen LogP) is 4.03. The highest BCUT2D eigenvalue weighted by Crippen LogP contribution is 2.26. The minimum Gasteiger partial charge on any atom is -0.493 e. The van der Waals surface area contributed by atoms with Gasteiger partial charge in [-0.25, -0.2) is 9.38 Å². The maximum atomic E-state index is 14.0. The number of amides is 1. The molecule has 1 aliphatic rings. The molecule has 156 valence electrons. The molecule has 1 N–H and O–H groups in total. The molecule has 1 aliphatic heterocycles. The largest absolute Gasteiger partial charge is 0.493 e. The summed E-state index contributed by atoms with van der Waals surface area (Å²) in [5.74, 6) is -0.183. The molecule has 6 nitrogen and oxygen atoms in total. The summed E-state index contributed by atoms with van der Waals surface area (Å²) in [5.41, 5.74) is 1.58. The Morgan fingerprint density at radius 3 is 2.90 bits per heavy atom. The van der Waals surface area contributed by atoms with E-state index in [9.17, 15) is 9.18 Å². The van der Waals surface area contributed by atoms with Gasteiger partial charge in [-0.1, -0.05) is 18.2 Å². The normalized spacial score (nSPS) is 16.8. The van der Waals surface area contributed by atoms with Crippen molar-refractivity contribution in [2.45, 2.75) is 25.9 Å². The Morgan fingerprint density at radius 1 is 1.30 bits per heavy atom. The van der Waals surface area contributed by atoms with Crippen molar-refractivity contribution < 1.29 is 23.1 Å². The zero-order chi connectivity index (χ0) is 21.1. The molecular weight excluding hydrogens is 387 g/mol. The Hall–Kier alpha value is -3.19. The van der Waals surface area contributed by atoms with E-state index < -0.39 is 0 Å². The van der Waals surface area contributed by atoms with Crippen molar-refractivity contribution in [1.82, 2.24) is 5.32 Å². The Balaban J connectivity index is 1.82. The second-order valence-electron chi connectivity index (χ2n) is 7.18. The van der Waals surface area contributed by atoms with E-state index in [2.05, 4.69) is 10.3 Å². The lowest BCUT2D eigenvalue weighted by Crippen LogP contribution is -2.34. The van der Waals surface area contributed by atoms with Crippen LogP contribution in [0.25, 0.3) is 11.0 Å². The number of rotatable bonds is 5. The smallest absolute Gasteiger partial charge is 0.256 e. The van der Waals surface area contributed by atoms with Crippen LogP contribution in [0.2, 0.25) is 0 Å². The van der Waals surface area contributed by atoms with Gasteiger partial charge in [0.15, 0.2) is 11.3 Å². The van der Waals surface area contributed by atoms with Crippen molar-refractivity contribution in [3.63, 3.8) is 0 Å². The van der Waals surface area contributed by atoms with Gasteiger partial charge in [0.1, 0.15) is 11.4 Å². The summed E-state index contributed by atoms with van der Waals surface area (Å²) < 4.78 is 31.0. The SMILES string of the molecule is COc1cccc2cc(C(=O)NCC3CCCO3)c(=Nc3cccc(F)c3C)oc12. The highest BCUT2D eigenvalue weighted by molar-refractivity contribution is 5.97. The lowest BCUT2D eigenvalue weighted by Gasteiger charge is -2.12. The molecule has 2 aromatic carbocycles. The number of carbonyl (C=O) groups is 1. The van der Waals surface area contributed by atoms with Crippen LogP contribution in [0.3, 0.4) is 0 Å². The summed E-state index contributed by atoms with van der Waals surface area (Å²) in [5, 5.41) is 3.60. The first-order valence-electron chi connectivity index (χ1n) is 9.87. The number of hydrogen-bond acceptors (Lipinski definition) is 5. The number of fused-ring (bicyclic) bond motifs is 1. The molecule has 1 unspecified atom stereocenters. The summed E-state index contributed by atoms with van der Waals surface area (Å²) >= 11 is 0. The van der Waals surface area contributed by atoms with E-state index >= 15 is 0 Å². The highest BCUT2D eigenvalue weighted by atomic mass is 19.1. The number of para-hydroxylation sites is 1. The molecule has 0 bridgehead atoms. The number of benzene rings is 2. The number of halogens is 1. The number of nitrogens with one attached hydrogen (secondary N) is 1. The molecule has 2 heterocycles. The first-order valence-corrected chi connectivity index (χ1v) is 9.87. The maximum Gasteiger partial charge on any atom is 0.256 e. The molecule has 1 saturated heterocycles. The Morgan fingerprint density at radius 2 is 2.13 bits per heavy atom. The van der Waals surface area contributed by atoms with Crippen LogP contribution in [0.4, 0.5) is 10.1 Å². The average molecular weight is 410 g/mol. The lowest BCUT2D eigenvalue weighted by molar-refractivity contribution is 0.0854. The molecule has 1 aromatic heterocycles. The van der Waals surface area contributed by atoms with Gasteiger partial charge in [0.2, 0.25) is 5.55 Å². The molecule has 1 atom stereocenters. The number of hydrogen-bond donors (Lipinski definition) is 1. The Kier molecular flexibility index (Phi) is 5.81. The van der Waals surface area contributed by atoms with E-state index in [4.69, 9.17) is 13.9 Å². The second-order valence-corrected chi connectivity index (χ2v) is 7.18. The van der Waals surface area contributed by atoms with Crippen molar-refractivity contribution in [2.75, 3.05) is 20.3 Å². The minimum atomic E-state index is -0.376. The van der Waals surface area contributed by atoms with Gasteiger partial charge in [-0.15, -0.1) is 0 Å². The van der Waals surface area contributed by atoms with E-state index in [-0.39, 0.29) is 28.9 Å². The van der Waals surface area contributed by atoms with Crippen molar-refractivity contribution in [2.24, 2.45) is 4.99 Å². The number of carbonyl (C=O) groups excluding carboxylic acids is 1. The van der Waals surface area contributed by atoms with Crippen LogP contribution in [0.1, 0.15) is 28.8 Å². The third-order valence-corrected chi connectivity index (χ3v) is 5.18. The lowest BCUT2D eigenvalue weighted by atomic mass is 10.1. The Labute approximate surface area is 173 Å². The molecule has 30 heavy (non-hydrogen) atoms. The van der Waals surface area contributed by atoms with Crippen LogP contribution in [0, 0.1) is 12.7 Å². The van der Waals surface area contributed by atoms with Crippen LogP contribution >= 0.6 is 0 Å². The van der Waals surface area contributed by atoms with Gasteiger partial charge in [-0.05, 0) is 44.0 Å². The fourth-order valence-electron chi connectivity index (χ4n) is 3.46. The quantitative estimate of drug-likeness (QED) is 0.689. The van der Waals surface area contributed by atoms with Crippen LogP contribution in [0.15, 0.2) is 51.9 Å². The third-order valence-electron chi connectivity index (χ3n) is 5.18.